The number of aryl methyl sites for hydroxylation is 1. The first-order valence-electron chi connectivity index (χ1n) is 10.0. The topological polar surface area (TPSA) is 96.0 Å². The van der Waals surface area contributed by atoms with Gasteiger partial charge in [-0.3, -0.25) is 14.4 Å². The number of likely N-dealkylation sites (N-methyl/N-ethyl adjacent to an activating group) is 1. The number of amides is 3. The Hall–Kier alpha value is -3.68. The van der Waals surface area contributed by atoms with Crippen molar-refractivity contribution in [3.8, 4) is 0 Å². The molecule has 0 aromatic heterocycles. The van der Waals surface area contributed by atoms with E-state index < -0.39 is 18.5 Å². The SMILES string of the molecule is Cc1ccc(NC(=O)CN(C)C(=O)COC(=O)c2cccc(N3CCCC3=O)c2)cc1. The Morgan fingerprint density at radius 3 is 2.55 bits per heavy atom. The Morgan fingerprint density at radius 2 is 1.87 bits per heavy atom. The molecular formula is C23H25N3O5. The van der Waals surface area contributed by atoms with Crippen molar-refractivity contribution in [2.75, 3.05) is 37.0 Å². The second kappa shape index (κ2) is 9.88. The third kappa shape index (κ3) is 5.91. The molecule has 31 heavy (non-hydrogen) atoms. The zero-order valence-corrected chi connectivity index (χ0v) is 17.6. The van der Waals surface area contributed by atoms with Crippen molar-refractivity contribution in [2.45, 2.75) is 19.8 Å². The number of hydrogen-bond donors (Lipinski definition) is 1. The van der Waals surface area contributed by atoms with Crippen LogP contribution in [0.15, 0.2) is 48.5 Å². The molecule has 1 fully saturated rings. The minimum Gasteiger partial charge on any atom is -0.452 e. The predicted molar refractivity (Wildman–Crippen MR) is 116 cm³/mol. The molecule has 0 atom stereocenters. The smallest absolute Gasteiger partial charge is 0.338 e. The van der Waals surface area contributed by atoms with Gasteiger partial charge in [0.2, 0.25) is 11.8 Å². The normalized spacial score (nSPS) is 13.1. The van der Waals surface area contributed by atoms with E-state index in [4.69, 9.17) is 4.74 Å². The molecule has 0 bridgehead atoms. The van der Waals surface area contributed by atoms with Gasteiger partial charge in [0.05, 0.1) is 12.1 Å². The van der Waals surface area contributed by atoms with Crippen molar-refractivity contribution < 1.29 is 23.9 Å². The highest BCUT2D eigenvalue weighted by Gasteiger charge is 2.23. The first kappa shape index (κ1) is 22.0. The van der Waals surface area contributed by atoms with Gasteiger partial charge in [-0.25, -0.2) is 4.79 Å². The number of nitrogens with zero attached hydrogens (tertiary/aromatic N) is 2. The Morgan fingerprint density at radius 1 is 1.13 bits per heavy atom. The number of carbonyl (C=O) groups is 4. The number of carbonyl (C=O) groups excluding carboxylic acids is 4. The van der Waals surface area contributed by atoms with Gasteiger partial charge in [0, 0.05) is 31.4 Å². The lowest BCUT2D eigenvalue weighted by Crippen LogP contribution is -2.37. The Bertz CT molecular complexity index is 987. The van der Waals surface area contributed by atoms with E-state index in [2.05, 4.69) is 5.32 Å². The molecule has 8 nitrogen and oxygen atoms in total. The third-order valence-electron chi connectivity index (χ3n) is 4.94. The number of anilines is 2. The largest absolute Gasteiger partial charge is 0.452 e. The van der Waals surface area contributed by atoms with Crippen molar-refractivity contribution in [1.82, 2.24) is 4.90 Å². The molecule has 3 amide bonds. The van der Waals surface area contributed by atoms with Gasteiger partial charge in [0.15, 0.2) is 6.61 Å². The fourth-order valence-electron chi connectivity index (χ4n) is 3.18. The molecule has 2 aromatic rings. The minimum absolute atomic E-state index is 0.0197. The molecule has 1 saturated heterocycles. The fraction of sp³-hybridized carbons (Fsp3) is 0.304. The van der Waals surface area contributed by atoms with Crippen molar-refractivity contribution in [1.29, 1.82) is 0 Å². The molecule has 0 aliphatic carbocycles. The lowest BCUT2D eigenvalue weighted by molar-refractivity contribution is -0.136. The molecule has 1 aliphatic heterocycles. The van der Waals surface area contributed by atoms with Crippen LogP contribution in [0.25, 0.3) is 0 Å². The van der Waals surface area contributed by atoms with Gasteiger partial charge in [-0.1, -0.05) is 23.8 Å². The number of esters is 1. The second-order valence-corrected chi connectivity index (χ2v) is 7.44. The van der Waals surface area contributed by atoms with Crippen molar-refractivity contribution >= 4 is 35.1 Å². The van der Waals surface area contributed by atoms with E-state index in [1.54, 1.807) is 41.3 Å². The molecule has 3 rings (SSSR count). The van der Waals surface area contributed by atoms with Gasteiger partial charge in [-0.15, -0.1) is 0 Å². The number of rotatable bonds is 7. The van der Waals surface area contributed by atoms with Crippen LogP contribution in [-0.4, -0.2) is 55.3 Å². The first-order valence-corrected chi connectivity index (χ1v) is 10.0. The summed E-state index contributed by atoms with van der Waals surface area (Å²) in [6, 6.07) is 13.9. The van der Waals surface area contributed by atoms with Crippen molar-refractivity contribution in [2.24, 2.45) is 0 Å². The molecule has 162 valence electrons. The lowest BCUT2D eigenvalue weighted by Gasteiger charge is -2.18. The van der Waals surface area contributed by atoms with E-state index in [0.29, 0.717) is 24.3 Å². The van der Waals surface area contributed by atoms with Crippen LogP contribution in [0.2, 0.25) is 0 Å². The van der Waals surface area contributed by atoms with Crippen molar-refractivity contribution in [3.63, 3.8) is 0 Å². The van der Waals surface area contributed by atoms with Crippen LogP contribution in [0.3, 0.4) is 0 Å². The summed E-state index contributed by atoms with van der Waals surface area (Å²) in [5.74, 6) is -1.50. The highest BCUT2D eigenvalue weighted by atomic mass is 16.5. The summed E-state index contributed by atoms with van der Waals surface area (Å²) in [5.41, 5.74) is 2.60. The molecule has 0 saturated carbocycles. The molecule has 1 aliphatic rings. The van der Waals surface area contributed by atoms with Gasteiger partial charge in [-0.05, 0) is 43.7 Å². The summed E-state index contributed by atoms with van der Waals surface area (Å²) in [6.07, 6.45) is 1.28. The van der Waals surface area contributed by atoms with Crippen LogP contribution >= 0.6 is 0 Å². The maximum atomic E-state index is 12.3. The van der Waals surface area contributed by atoms with Crippen LogP contribution in [0.1, 0.15) is 28.8 Å². The van der Waals surface area contributed by atoms with E-state index >= 15 is 0 Å². The zero-order valence-electron chi connectivity index (χ0n) is 17.6. The summed E-state index contributed by atoms with van der Waals surface area (Å²) in [5, 5.41) is 2.71. The molecule has 8 heteroatoms. The van der Waals surface area contributed by atoms with Crippen LogP contribution in [0.5, 0.6) is 0 Å². The predicted octanol–water partition coefficient (Wildman–Crippen LogP) is 2.38. The van der Waals surface area contributed by atoms with Gasteiger partial charge >= 0.3 is 5.97 Å². The Kier molecular flexibility index (Phi) is 7.02. The second-order valence-electron chi connectivity index (χ2n) is 7.44. The summed E-state index contributed by atoms with van der Waals surface area (Å²) < 4.78 is 5.10. The van der Waals surface area contributed by atoms with E-state index in [0.717, 1.165) is 12.0 Å². The maximum absolute atomic E-state index is 12.3. The number of benzene rings is 2. The average Bonchev–Trinajstić information content (AvgIpc) is 3.19. The number of ether oxygens (including phenoxy) is 1. The summed E-state index contributed by atoms with van der Waals surface area (Å²) in [4.78, 5) is 51.4. The fourth-order valence-corrected chi connectivity index (χ4v) is 3.18. The van der Waals surface area contributed by atoms with Gasteiger partial charge in [0.1, 0.15) is 0 Å². The van der Waals surface area contributed by atoms with Crippen LogP contribution in [-0.2, 0) is 19.1 Å². The summed E-state index contributed by atoms with van der Waals surface area (Å²) in [7, 11) is 1.46. The van der Waals surface area contributed by atoms with E-state index in [-0.39, 0.29) is 23.9 Å². The molecular weight excluding hydrogens is 398 g/mol. The number of hydrogen-bond acceptors (Lipinski definition) is 5. The van der Waals surface area contributed by atoms with Crippen LogP contribution in [0.4, 0.5) is 11.4 Å². The van der Waals surface area contributed by atoms with Gasteiger partial charge in [-0.2, -0.15) is 0 Å². The quantitative estimate of drug-likeness (QED) is 0.690. The first-order chi connectivity index (χ1) is 14.8. The van der Waals surface area contributed by atoms with Crippen molar-refractivity contribution in [3.05, 3.63) is 59.7 Å². The lowest BCUT2D eigenvalue weighted by atomic mass is 10.2. The molecule has 2 aromatic carbocycles. The average molecular weight is 423 g/mol. The van der Waals surface area contributed by atoms with Gasteiger partial charge in [0.25, 0.3) is 5.91 Å². The third-order valence-corrected chi connectivity index (χ3v) is 4.94. The molecule has 0 unspecified atom stereocenters. The standard InChI is InChI=1S/C23H25N3O5/c1-16-8-10-18(11-9-16)24-20(27)14-25(2)22(29)15-31-23(30)17-5-3-6-19(13-17)26-12-4-7-21(26)28/h3,5-6,8-11,13H,4,7,12,14-15H2,1-2H3,(H,24,27). The minimum atomic E-state index is -0.667. The molecule has 1 heterocycles. The van der Waals surface area contributed by atoms with Crippen LogP contribution in [0, 0.1) is 6.92 Å². The molecule has 0 radical (unpaired) electrons. The van der Waals surface area contributed by atoms with E-state index in [1.165, 1.54) is 11.9 Å². The Balaban J connectivity index is 1.49. The summed E-state index contributed by atoms with van der Waals surface area (Å²) in [6.45, 7) is 1.91. The Labute approximate surface area is 180 Å². The van der Waals surface area contributed by atoms with E-state index in [1.807, 2.05) is 19.1 Å². The highest BCUT2D eigenvalue weighted by Crippen LogP contribution is 2.22. The van der Waals surface area contributed by atoms with E-state index in [9.17, 15) is 19.2 Å². The monoisotopic (exact) mass is 423 g/mol. The maximum Gasteiger partial charge on any atom is 0.338 e. The van der Waals surface area contributed by atoms with Crippen LogP contribution < -0.4 is 10.2 Å². The number of nitrogens with one attached hydrogen (secondary N) is 1. The molecule has 1 N–H and O–H groups in total. The molecule has 0 spiro atoms. The van der Waals surface area contributed by atoms with Gasteiger partial charge < -0.3 is 19.9 Å². The summed E-state index contributed by atoms with van der Waals surface area (Å²) >= 11 is 0. The zero-order chi connectivity index (χ0) is 22.4. The highest BCUT2D eigenvalue weighted by molar-refractivity contribution is 5.98.